The lowest BCUT2D eigenvalue weighted by Gasteiger charge is -2.21. The number of aliphatic carboxylic acids is 1. The molecule has 136 valence electrons. The number of amides is 1. The van der Waals surface area contributed by atoms with Crippen molar-refractivity contribution in [2.75, 3.05) is 0 Å². The van der Waals surface area contributed by atoms with Gasteiger partial charge in [0.2, 0.25) is 5.91 Å². The molecule has 25 heavy (non-hydrogen) atoms. The van der Waals surface area contributed by atoms with Gasteiger partial charge in [0.15, 0.2) is 6.10 Å². The molecule has 3 rings (SSSR count). The summed E-state index contributed by atoms with van der Waals surface area (Å²) in [6, 6.07) is 8.49. The Balaban J connectivity index is 1.64. The molecule has 3 atom stereocenters. The first-order chi connectivity index (χ1) is 11.9. The number of benzene rings is 1. The quantitative estimate of drug-likeness (QED) is 0.796. The highest BCUT2D eigenvalue weighted by molar-refractivity contribution is 5.83. The summed E-state index contributed by atoms with van der Waals surface area (Å²) in [7, 11) is 0. The molecule has 0 radical (unpaired) electrons. The van der Waals surface area contributed by atoms with E-state index in [1.165, 1.54) is 5.56 Å². The summed E-state index contributed by atoms with van der Waals surface area (Å²) in [5, 5.41) is 12.1. The largest absolute Gasteiger partial charge is 0.479 e. The van der Waals surface area contributed by atoms with E-state index in [2.05, 4.69) is 43.4 Å². The van der Waals surface area contributed by atoms with Crippen LogP contribution in [0.4, 0.5) is 0 Å². The molecule has 1 amide bonds. The van der Waals surface area contributed by atoms with Crippen LogP contribution in [0, 0.1) is 11.8 Å². The monoisotopic (exact) mass is 345 g/mol. The summed E-state index contributed by atoms with van der Waals surface area (Å²) in [5.41, 5.74) is 2.43. The lowest BCUT2D eigenvalue weighted by molar-refractivity contribution is -0.152. The van der Waals surface area contributed by atoms with Crippen LogP contribution in [-0.2, 0) is 20.7 Å². The van der Waals surface area contributed by atoms with Crippen molar-refractivity contribution in [3.05, 3.63) is 35.4 Å². The Morgan fingerprint density at radius 2 is 1.76 bits per heavy atom. The second-order valence-corrected chi connectivity index (χ2v) is 7.69. The zero-order valence-electron chi connectivity index (χ0n) is 14.9. The van der Waals surface area contributed by atoms with Crippen LogP contribution >= 0.6 is 0 Å². The molecule has 2 aliphatic rings. The zero-order chi connectivity index (χ0) is 18.0. The normalized spacial score (nSPS) is 24.3. The predicted octanol–water partition coefficient (Wildman–Crippen LogP) is 3.08. The molecular weight excluding hydrogens is 318 g/mol. The Kier molecular flexibility index (Phi) is 5.42. The molecule has 1 heterocycles. The van der Waals surface area contributed by atoms with Crippen LogP contribution in [0.15, 0.2) is 24.3 Å². The van der Waals surface area contributed by atoms with Gasteiger partial charge in [0.25, 0.3) is 0 Å². The summed E-state index contributed by atoms with van der Waals surface area (Å²) < 4.78 is 5.37. The average molecular weight is 345 g/mol. The number of carboxylic acids is 1. The van der Waals surface area contributed by atoms with Gasteiger partial charge in [0, 0.05) is 0 Å². The molecule has 5 nitrogen and oxygen atoms in total. The van der Waals surface area contributed by atoms with Gasteiger partial charge in [0.05, 0.1) is 6.04 Å². The van der Waals surface area contributed by atoms with Crippen molar-refractivity contribution in [2.45, 2.75) is 64.2 Å². The molecule has 0 spiro atoms. The van der Waals surface area contributed by atoms with E-state index in [-0.39, 0.29) is 11.9 Å². The number of carbonyl (C=O) groups excluding carboxylic acids is 1. The zero-order valence-corrected chi connectivity index (χ0v) is 14.9. The van der Waals surface area contributed by atoms with E-state index in [0.29, 0.717) is 24.7 Å². The standard InChI is InChI=1S/C20H27NO4/c1-12(2)11-13-3-5-14(6-4-13)18(15-7-8-15)21-19(22)16-9-10-17(25-16)20(23)24/h3-6,12,15-18H,7-11H2,1-2H3,(H,21,22)(H,23,24)/t16-,17+,18?/m0/s1. The molecular formula is C20H27NO4. The van der Waals surface area contributed by atoms with Gasteiger partial charge >= 0.3 is 5.97 Å². The maximum Gasteiger partial charge on any atom is 0.332 e. The summed E-state index contributed by atoms with van der Waals surface area (Å²) >= 11 is 0. The van der Waals surface area contributed by atoms with E-state index in [9.17, 15) is 9.59 Å². The molecule has 1 aromatic rings. The first-order valence-electron chi connectivity index (χ1n) is 9.21. The maximum absolute atomic E-state index is 12.5. The second kappa shape index (κ2) is 7.56. The molecule has 1 saturated heterocycles. The summed E-state index contributed by atoms with van der Waals surface area (Å²) in [4.78, 5) is 23.5. The lowest BCUT2D eigenvalue weighted by Crippen LogP contribution is -2.38. The third-order valence-electron chi connectivity index (χ3n) is 4.96. The lowest BCUT2D eigenvalue weighted by atomic mass is 9.97. The SMILES string of the molecule is CC(C)Cc1ccc(C(NC(=O)[C@@H]2CC[C@H](C(=O)O)O2)C2CC2)cc1. The van der Waals surface area contributed by atoms with E-state index in [0.717, 1.165) is 24.8 Å². The minimum Gasteiger partial charge on any atom is -0.479 e. The van der Waals surface area contributed by atoms with Crippen LogP contribution in [-0.4, -0.2) is 29.2 Å². The van der Waals surface area contributed by atoms with Gasteiger partial charge in [-0.05, 0) is 55.1 Å². The van der Waals surface area contributed by atoms with Crippen molar-refractivity contribution in [3.8, 4) is 0 Å². The second-order valence-electron chi connectivity index (χ2n) is 7.69. The van der Waals surface area contributed by atoms with E-state index < -0.39 is 18.2 Å². The molecule has 0 aromatic heterocycles. The molecule has 1 saturated carbocycles. The summed E-state index contributed by atoms with van der Waals surface area (Å²) in [5.74, 6) is -0.0928. The summed E-state index contributed by atoms with van der Waals surface area (Å²) in [6.45, 7) is 4.40. The number of carboxylic acid groups (broad SMARTS) is 1. The Bertz CT molecular complexity index is 621. The van der Waals surface area contributed by atoms with Gasteiger partial charge in [0.1, 0.15) is 6.10 Å². The van der Waals surface area contributed by atoms with Gasteiger partial charge in [-0.3, -0.25) is 4.79 Å². The summed E-state index contributed by atoms with van der Waals surface area (Å²) in [6.07, 6.45) is 2.63. The first kappa shape index (κ1) is 17.9. The van der Waals surface area contributed by atoms with Crippen molar-refractivity contribution >= 4 is 11.9 Å². The predicted molar refractivity (Wildman–Crippen MR) is 94.1 cm³/mol. The number of ether oxygens (including phenoxy) is 1. The number of hydrogen-bond acceptors (Lipinski definition) is 3. The average Bonchev–Trinajstić information content (AvgIpc) is 3.27. The van der Waals surface area contributed by atoms with Crippen LogP contribution in [0.3, 0.4) is 0 Å². The van der Waals surface area contributed by atoms with Crippen LogP contribution in [0.25, 0.3) is 0 Å². The molecule has 0 bridgehead atoms. The molecule has 1 aliphatic heterocycles. The van der Waals surface area contributed by atoms with Crippen molar-refractivity contribution in [1.29, 1.82) is 0 Å². The number of rotatable bonds is 7. The number of carbonyl (C=O) groups is 2. The van der Waals surface area contributed by atoms with E-state index >= 15 is 0 Å². The van der Waals surface area contributed by atoms with Crippen LogP contribution in [0.1, 0.15) is 56.7 Å². The van der Waals surface area contributed by atoms with Gasteiger partial charge < -0.3 is 15.2 Å². The fourth-order valence-electron chi connectivity index (χ4n) is 3.49. The minimum absolute atomic E-state index is 0.00641. The van der Waals surface area contributed by atoms with Crippen LogP contribution in [0.2, 0.25) is 0 Å². The molecule has 2 fully saturated rings. The third kappa shape index (κ3) is 4.60. The Morgan fingerprint density at radius 3 is 2.28 bits per heavy atom. The number of hydrogen-bond donors (Lipinski definition) is 2. The molecule has 1 aliphatic carbocycles. The van der Waals surface area contributed by atoms with E-state index in [1.807, 2.05) is 0 Å². The minimum atomic E-state index is -0.991. The maximum atomic E-state index is 12.5. The smallest absolute Gasteiger partial charge is 0.332 e. The van der Waals surface area contributed by atoms with Crippen molar-refractivity contribution in [1.82, 2.24) is 5.32 Å². The fraction of sp³-hybridized carbons (Fsp3) is 0.600. The number of nitrogens with one attached hydrogen (secondary N) is 1. The fourth-order valence-corrected chi connectivity index (χ4v) is 3.49. The van der Waals surface area contributed by atoms with E-state index in [4.69, 9.17) is 9.84 Å². The molecule has 2 N–H and O–H groups in total. The topological polar surface area (TPSA) is 75.6 Å². The Labute approximate surface area is 148 Å². The molecule has 1 unspecified atom stereocenters. The van der Waals surface area contributed by atoms with E-state index in [1.54, 1.807) is 0 Å². The van der Waals surface area contributed by atoms with Gasteiger partial charge in [-0.2, -0.15) is 0 Å². The molecule has 1 aromatic carbocycles. The van der Waals surface area contributed by atoms with Gasteiger partial charge in [-0.15, -0.1) is 0 Å². The van der Waals surface area contributed by atoms with Gasteiger partial charge in [-0.1, -0.05) is 38.1 Å². The Morgan fingerprint density at radius 1 is 1.12 bits per heavy atom. The Hall–Kier alpha value is -1.88. The first-order valence-corrected chi connectivity index (χ1v) is 9.21. The van der Waals surface area contributed by atoms with Crippen molar-refractivity contribution in [3.63, 3.8) is 0 Å². The highest BCUT2D eigenvalue weighted by Gasteiger charge is 2.38. The third-order valence-corrected chi connectivity index (χ3v) is 4.96. The highest BCUT2D eigenvalue weighted by atomic mass is 16.5. The van der Waals surface area contributed by atoms with Crippen LogP contribution < -0.4 is 5.32 Å². The molecule has 5 heteroatoms. The van der Waals surface area contributed by atoms with Gasteiger partial charge in [-0.25, -0.2) is 4.79 Å². The van der Waals surface area contributed by atoms with Crippen LogP contribution in [0.5, 0.6) is 0 Å². The van der Waals surface area contributed by atoms with Crippen molar-refractivity contribution in [2.24, 2.45) is 11.8 Å². The highest BCUT2D eigenvalue weighted by Crippen LogP contribution is 2.41. The van der Waals surface area contributed by atoms with Crippen molar-refractivity contribution < 1.29 is 19.4 Å².